The van der Waals surface area contributed by atoms with E-state index >= 15 is 0 Å². The summed E-state index contributed by atoms with van der Waals surface area (Å²) in [5.41, 5.74) is 4.34. The molecule has 3 heteroatoms. The van der Waals surface area contributed by atoms with Crippen molar-refractivity contribution in [1.29, 1.82) is 0 Å². The summed E-state index contributed by atoms with van der Waals surface area (Å²) >= 11 is 0. The third-order valence-corrected chi connectivity index (χ3v) is 7.04. The van der Waals surface area contributed by atoms with Crippen LogP contribution in [0.5, 0.6) is 0 Å². The summed E-state index contributed by atoms with van der Waals surface area (Å²) in [6.07, 6.45) is 5.87. The fourth-order valence-electron chi connectivity index (χ4n) is 4.83. The molecule has 0 saturated heterocycles. The van der Waals surface area contributed by atoms with E-state index < -0.39 is 11.6 Å². The molecule has 0 heterocycles. The van der Waals surface area contributed by atoms with E-state index in [1.165, 1.54) is 0 Å². The van der Waals surface area contributed by atoms with Crippen molar-refractivity contribution in [1.82, 2.24) is 0 Å². The van der Waals surface area contributed by atoms with E-state index in [0.717, 1.165) is 48.8 Å². The third-order valence-electron chi connectivity index (χ3n) is 7.04. The first-order valence-electron chi connectivity index (χ1n) is 11.8. The maximum absolute atomic E-state index is 14.8. The largest absolute Gasteiger partial charge is 0.206 e. The van der Waals surface area contributed by atoms with Crippen molar-refractivity contribution in [2.45, 2.75) is 64.7 Å². The quantitative estimate of drug-likeness (QED) is 0.364. The molecule has 0 aliphatic heterocycles. The SMILES string of the molecule is CCc1ccc(-c2ccc(CCc3ccc(C4CCC(C)CC4)c(F)c3F)cc2)c(F)c1. The Morgan fingerprint density at radius 2 is 1.44 bits per heavy atom. The predicted molar refractivity (Wildman–Crippen MR) is 125 cm³/mol. The summed E-state index contributed by atoms with van der Waals surface area (Å²) in [4.78, 5) is 0. The molecule has 0 unspecified atom stereocenters. The van der Waals surface area contributed by atoms with Gasteiger partial charge in [0.05, 0.1) is 0 Å². The number of halogens is 3. The minimum absolute atomic E-state index is 0.133. The smallest absolute Gasteiger partial charge is 0.162 e. The summed E-state index contributed by atoms with van der Waals surface area (Å²) in [5.74, 6) is -0.771. The molecule has 1 saturated carbocycles. The zero-order valence-corrected chi connectivity index (χ0v) is 18.9. The van der Waals surface area contributed by atoms with Crippen molar-refractivity contribution >= 4 is 0 Å². The van der Waals surface area contributed by atoms with Crippen molar-refractivity contribution < 1.29 is 13.2 Å². The van der Waals surface area contributed by atoms with E-state index in [1.807, 2.05) is 43.3 Å². The van der Waals surface area contributed by atoms with Crippen LogP contribution in [0.1, 0.15) is 67.7 Å². The van der Waals surface area contributed by atoms with Gasteiger partial charge in [0.1, 0.15) is 5.82 Å². The molecule has 0 nitrogen and oxygen atoms in total. The average molecular weight is 437 g/mol. The molecule has 0 aromatic heterocycles. The Morgan fingerprint density at radius 3 is 2.09 bits per heavy atom. The number of hydrogen-bond donors (Lipinski definition) is 0. The standard InChI is InChI=1S/C29H31F3/c1-3-20-9-16-25(27(30)18-20)22-12-6-21(7-13-22)8-14-24-15-17-26(29(32)28(24)31)23-10-4-19(2)5-11-23/h6-7,9,12-13,15-19,23H,3-5,8,10-11,14H2,1-2H3. The molecule has 3 aromatic rings. The van der Waals surface area contributed by atoms with E-state index in [4.69, 9.17) is 0 Å². The molecule has 0 bridgehead atoms. The average Bonchev–Trinajstić information content (AvgIpc) is 2.81. The maximum atomic E-state index is 14.8. The number of rotatable bonds is 6. The normalized spacial score (nSPS) is 18.7. The molecule has 168 valence electrons. The molecule has 0 amide bonds. The minimum atomic E-state index is -0.698. The molecule has 0 spiro atoms. The number of aryl methyl sites for hydroxylation is 3. The van der Waals surface area contributed by atoms with Gasteiger partial charge in [-0.05, 0) is 77.8 Å². The highest BCUT2D eigenvalue weighted by molar-refractivity contribution is 5.64. The van der Waals surface area contributed by atoms with Crippen molar-refractivity contribution in [3.63, 3.8) is 0 Å². The van der Waals surface area contributed by atoms with Crippen LogP contribution >= 0.6 is 0 Å². The van der Waals surface area contributed by atoms with Crippen LogP contribution in [0.3, 0.4) is 0 Å². The van der Waals surface area contributed by atoms with Gasteiger partial charge in [0.15, 0.2) is 11.6 Å². The Morgan fingerprint density at radius 1 is 0.750 bits per heavy atom. The minimum Gasteiger partial charge on any atom is -0.206 e. The van der Waals surface area contributed by atoms with Gasteiger partial charge in [0, 0.05) is 5.56 Å². The maximum Gasteiger partial charge on any atom is 0.162 e. The van der Waals surface area contributed by atoms with Crippen LogP contribution in [-0.2, 0) is 19.3 Å². The van der Waals surface area contributed by atoms with Crippen molar-refractivity contribution in [2.75, 3.05) is 0 Å². The van der Waals surface area contributed by atoms with Crippen LogP contribution in [0, 0.1) is 23.4 Å². The fraction of sp³-hybridized carbons (Fsp3) is 0.379. The van der Waals surface area contributed by atoms with E-state index in [9.17, 15) is 13.2 Å². The molecule has 4 rings (SSSR count). The summed E-state index contributed by atoms with van der Waals surface area (Å²) < 4.78 is 43.9. The molecular formula is C29H31F3. The van der Waals surface area contributed by atoms with Crippen LogP contribution in [0.2, 0.25) is 0 Å². The highest BCUT2D eigenvalue weighted by atomic mass is 19.2. The lowest BCUT2D eigenvalue weighted by Gasteiger charge is -2.27. The van der Waals surface area contributed by atoms with Crippen LogP contribution in [0.25, 0.3) is 11.1 Å². The number of hydrogen-bond acceptors (Lipinski definition) is 0. The van der Waals surface area contributed by atoms with Gasteiger partial charge in [-0.25, -0.2) is 13.2 Å². The Labute approximate surface area is 189 Å². The van der Waals surface area contributed by atoms with Crippen molar-refractivity contribution in [3.8, 4) is 11.1 Å². The van der Waals surface area contributed by atoms with Gasteiger partial charge in [-0.3, -0.25) is 0 Å². The Balaban J connectivity index is 1.43. The summed E-state index contributed by atoms with van der Waals surface area (Å²) in [6.45, 7) is 4.23. The molecule has 32 heavy (non-hydrogen) atoms. The first-order valence-corrected chi connectivity index (χ1v) is 11.8. The third kappa shape index (κ3) is 4.92. The van der Waals surface area contributed by atoms with Crippen LogP contribution in [0.15, 0.2) is 54.6 Å². The highest BCUT2D eigenvalue weighted by Crippen LogP contribution is 2.37. The van der Waals surface area contributed by atoms with Crippen LogP contribution < -0.4 is 0 Å². The van der Waals surface area contributed by atoms with Crippen molar-refractivity contribution in [3.05, 3.63) is 94.3 Å². The van der Waals surface area contributed by atoms with Gasteiger partial charge in [0.25, 0.3) is 0 Å². The van der Waals surface area contributed by atoms with Gasteiger partial charge in [-0.15, -0.1) is 0 Å². The Kier molecular flexibility index (Phi) is 7.03. The zero-order chi connectivity index (χ0) is 22.7. The first kappa shape index (κ1) is 22.6. The molecule has 0 radical (unpaired) electrons. The topological polar surface area (TPSA) is 0 Å². The Bertz CT molecular complexity index is 1060. The zero-order valence-electron chi connectivity index (χ0n) is 18.9. The van der Waals surface area contributed by atoms with E-state index in [0.29, 0.717) is 35.4 Å². The highest BCUT2D eigenvalue weighted by Gasteiger charge is 2.24. The summed E-state index contributed by atoms with van der Waals surface area (Å²) in [6, 6.07) is 16.6. The second-order valence-corrected chi connectivity index (χ2v) is 9.26. The van der Waals surface area contributed by atoms with Crippen LogP contribution in [0.4, 0.5) is 13.2 Å². The van der Waals surface area contributed by atoms with Gasteiger partial charge < -0.3 is 0 Å². The summed E-state index contributed by atoms with van der Waals surface area (Å²) in [5, 5.41) is 0. The lowest BCUT2D eigenvalue weighted by Crippen LogP contribution is -2.13. The monoisotopic (exact) mass is 436 g/mol. The van der Waals surface area contributed by atoms with Gasteiger partial charge >= 0.3 is 0 Å². The molecule has 0 atom stereocenters. The molecular weight excluding hydrogens is 405 g/mol. The second-order valence-electron chi connectivity index (χ2n) is 9.26. The van der Waals surface area contributed by atoms with Crippen molar-refractivity contribution in [2.24, 2.45) is 5.92 Å². The van der Waals surface area contributed by atoms with E-state index in [-0.39, 0.29) is 11.7 Å². The van der Waals surface area contributed by atoms with Gasteiger partial charge in [0.2, 0.25) is 0 Å². The fourth-order valence-corrected chi connectivity index (χ4v) is 4.83. The lowest BCUT2D eigenvalue weighted by molar-refractivity contribution is 0.339. The molecule has 0 N–H and O–H groups in total. The van der Waals surface area contributed by atoms with E-state index in [2.05, 4.69) is 6.92 Å². The second kappa shape index (κ2) is 9.94. The van der Waals surface area contributed by atoms with Crippen LogP contribution in [-0.4, -0.2) is 0 Å². The Hall–Kier alpha value is -2.55. The number of benzene rings is 3. The van der Waals surface area contributed by atoms with E-state index in [1.54, 1.807) is 18.2 Å². The lowest BCUT2D eigenvalue weighted by atomic mass is 9.79. The molecule has 1 aliphatic carbocycles. The van der Waals surface area contributed by atoms with Gasteiger partial charge in [-0.1, -0.05) is 75.2 Å². The molecule has 1 aliphatic rings. The molecule has 1 fully saturated rings. The summed E-state index contributed by atoms with van der Waals surface area (Å²) in [7, 11) is 0. The predicted octanol–water partition coefficient (Wildman–Crippen LogP) is 8.41. The van der Waals surface area contributed by atoms with Gasteiger partial charge in [-0.2, -0.15) is 0 Å². The first-order chi connectivity index (χ1) is 15.5. The molecule has 3 aromatic carbocycles.